The third-order valence-electron chi connectivity index (χ3n) is 5.18. The molecule has 2 aromatic carbocycles. The number of likely N-dealkylation sites (tertiary alicyclic amines) is 1. The Morgan fingerprint density at radius 2 is 1.93 bits per heavy atom. The number of benzene rings is 2. The topological polar surface area (TPSA) is 84.7 Å². The molecule has 1 fully saturated rings. The lowest BCUT2D eigenvalue weighted by Crippen LogP contribution is -2.43. The Morgan fingerprint density at radius 1 is 1.21 bits per heavy atom. The molecule has 28 heavy (non-hydrogen) atoms. The number of aryl methyl sites for hydroxylation is 1. The van der Waals surface area contributed by atoms with E-state index in [0.29, 0.717) is 25.2 Å². The molecule has 0 spiro atoms. The number of amides is 1. The normalized spacial score (nSPS) is 14.6. The van der Waals surface area contributed by atoms with Gasteiger partial charge in [-0.15, -0.1) is 0 Å². The van der Waals surface area contributed by atoms with Crippen molar-refractivity contribution >= 4 is 17.3 Å². The second-order valence-corrected chi connectivity index (χ2v) is 7.01. The fourth-order valence-electron chi connectivity index (χ4n) is 3.59. The molecule has 2 aromatic rings. The van der Waals surface area contributed by atoms with Crippen molar-refractivity contribution in [1.29, 1.82) is 0 Å². The van der Waals surface area contributed by atoms with Crippen molar-refractivity contribution < 1.29 is 14.5 Å². The van der Waals surface area contributed by atoms with Gasteiger partial charge in [-0.25, -0.2) is 0 Å². The molecule has 0 atom stereocenters. The fourth-order valence-corrected chi connectivity index (χ4v) is 3.59. The van der Waals surface area contributed by atoms with Gasteiger partial charge in [-0.05, 0) is 31.4 Å². The molecule has 1 aliphatic heterocycles. The molecule has 7 nitrogen and oxygen atoms in total. The maximum Gasteiger partial charge on any atom is 0.292 e. The summed E-state index contributed by atoms with van der Waals surface area (Å²) in [5.41, 5.74) is 2.40. The molecule has 0 radical (unpaired) electrons. The number of hydrogen-bond acceptors (Lipinski definition) is 5. The number of piperidine rings is 1. The molecule has 1 saturated heterocycles. The van der Waals surface area contributed by atoms with Crippen LogP contribution in [0.15, 0.2) is 42.5 Å². The minimum Gasteiger partial charge on any atom is -0.496 e. The first-order valence-electron chi connectivity index (χ1n) is 9.39. The highest BCUT2D eigenvalue weighted by Crippen LogP contribution is 2.30. The number of carbonyl (C=O) groups is 1. The van der Waals surface area contributed by atoms with Crippen molar-refractivity contribution in [2.45, 2.75) is 32.2 Å². The number of nitro benzene ring substituents is 1. The van der Waals surface area contributed by atoms with Crippen LogP contribution in [0.4, 0.5) is 11.4 Å². The van der Waals surface area contributed by atoms with Gasteiger partial charge in [-0.2, -0.15) is 0 Å². The number of carbonyl (C=O) groups excluding carboxylic acids is 1. The van der Waals surface area contributed by atoms with Crippen molar-refractivity contribution in [2.24, 2.45) is 0 Å². The van der Waals surface area contributed by atoms with Gasteiger partial charge in [0.25, 0.3) is 5.69 Å². The maximum absolute atomic E-state index is 12.7. The van der Waals surface area contributed by atoms with Crippen molar-refractivity contribution in [3.8, 4) is 5.75 Å². The number of rotatable bonds is 6. The number of ether oxygens (including phenoxy) is 1. The van der Waals surface area contributed by atoms with E-state index in [0.717, 1.165) is 29.7 Å². The molecule has 148 valence electrons. The van der Waals surface area contributed by atoms with E-state index in [2.05, 4.69) is 5.32 Å². The monoisotopic (exact) mass is 383 g/mol. The van der Waals surface area contributed by atoms with E-state index >= 15 is 0 Å². The number of nitro groups is 1. The zero-order valence-electron chi connectivity index (χ0n) is 16.2. The summed E-state index contributed by atoms with van der Waals surface area (Å²) in [6.45, 7) is 3.12. The van der Waals surface area contributed by atoms with Crippen LogP contribution in [0.2, 0.25) is 0 Å². The van der Waals surface area contributed by atoms with E-state index in [1.54, 1.807) is 13.2 Å². The molecule has 1 N–H and O–H groups in total. The largest absolute Gasteiger partial charge is 0.496 e. The lowest BCUT2D eigenvalue weighted by Gasteiger charge is -2.33. The van der Waals surface area contributed by atoms with Crippen LogP contribution in [0.1, 0.15) is 24.0 Å². The minimum atomic E-state index is -0.360. The Bertz CT molecular complexity index is 860. The fraction of sp³-hybridized carbons (Fsp3) is 0.381. The third-order valence-corrected chi connectivity index (χ3v) is 5.18. The van der Waals surface area contributed by atoms with Gasteiger partial charge in [0.1, 0.15) is 11.4 Å². The first-order chi connectivity index (χ1) is 13.5. The molecular weight excluding hydrogens is 358 g/mol. The van der Waals surface area contributed by atoms with E-state index < -0.39 is 0 Å². The number of nitrogens with zero attached hydrogens (tertiary/aromatic N) is 2. The molecule has 0 aromatic heterocycles. The lowest BCUT2D eigenvalue weighted by atomic mass is 10.0. The highest BCUT2D eigenvalue weighted by Gasteiger charge is 2.25. The van der Waals surface area contributed by atoms with Crippen molar-refractivity contribution in [3.05, 3.63) is 63.7 Å². The molecule has 1 heterocycles. The minimum absolute atomic E-state index is 0.0739. The Kier molecular flexibility index (Phi) is 6.13. The highest BCUT2D eigenvalue weighted by atomic mass is 16.6. The molecule has 0 aliphatic carbocycles. The van der Waals surface area contributed by atoms with E-state index in [9.17, 15) is 14.9 Å². The van der Waals surface area contributed by atoms with Gasteiger partial charge in [0.2, 0.25) is 5.91 Å². The van der Waals surface area contributed by atoms with Crippen molar-refractivity contribution in [2.75, 3.05) is 25.5 Å². The summed E-state index contributed by atoms with van der Waals surface area (Å²) in [4.78, 5) is 25.4. The number of para-hydroxylation sites is 2. The first kappa shape index (κ1) is 19.7. The molecule has 3 rings (SSSR count). The van der Waals surface area contributed by atoms with Crippen LogP contribution in [0.5, 0.6) is 5.75 Å². The van der Waals surface area contributed by atoms with Crippen LogP contribution >= 0.6 is 0 Å². The second-order valence-electron chi connectivity index (χ2n) is 7.01. The van der Waals surface area contributed by atoms with Gasteiger partial charge >= 0.3 is 0 Å². The van der Waals surface area contributed by atoms with Gasteiger partial charge in [-0.1, -0.05) is 30.3 Å². The number of methoxy groups -OCH3 is 1. The van der Waals surface area contributed by atoms with Crippen LogP contribution in [0.25, 0.3) is 0 Å². The van der Waals surface area contributed by atoms with E-state index in [-0.39, 0.29) is 22.6 Å². The van der Waals surface area contributed by atoms with Gasteiger partial charge in [-0.3, -0.25) is 14.9 Å². The van der Waals surface area contributed by atoms with Crippen LogP contribution < -0.4 is 10.1 Å². The quantitative estimate of drug-likeness (QED) is 0.609. The molecule has 1 aliphatic rings. The second kappa shape index (κ2) is 8.73. The van der Waals surface area contributed by atoms with Crippen LogP contribution in [-0.2, 0) is 11.2 Å². The first-order valence-corrected chi connectivity index (χ1v) is 9.39. The molecule has 0 unspecified atom stereocenters. The molecule has 0 bridgehead atoms. The zero-order valence-corrected chi connectivity index (χ0v) is 16.2. The van der Waals surface area contributed by atoms with Crippen molar-refractivity contribution in [1.82, 2.24) is 4.90 Å². The van der Waals surface area contributed by atoms with Gasteiger partial charge < -0.3 is 15.0 Å². The van der Waals surface area contributed by atoms with E-state index in [1.165, 1.54) is 6.07 Å². The average molecular weight is 383 g/mol. The molecular formula is C21H25N3O4. The molecule has 1 amide bonds. The number of nitrogens with one attached hydrogen (secondary N) is 1. The summed E-state index contributed by atoms with van der Waals surface area (Å²) in [5, 5.41) is 14.6. The average Bonchev–Trinajstić information content (AvgIpc) is 2.70. The molecule has 7 heteroatoms. The Morgan fingerprint density at radius 3 is 2.61 bits per heavy atom. The van der Waals surface area contributed by atoms with E-state index in [4.69, 9.17) is 4.74 Å². The SMILES string of the molecule is COc1ccccc1CC(=O)N1CCC(Nc2c(C)cccc2[N+](=O)[O-])CC1. The smallest absolute Gasteiger partial charge is 0.292 e. The zero-order chi connectivity index (χ0) is 20.1. The van der Waals surface area contributed by atoms with Crippen LogP contribution in [0, 0.1) is 17.0 Å². The summed E-state index contributed by atoms with van der Waals surface area (Å²) in [6, 6.07) is 12.7. The summed E-state index contributed by atoms with van der Waals surface area (Å²) < 4.78 is 5.32. The molecule has 0 saturated carbocycles. The van der Waals surface area contributed by atoms with Gasteiger partial charge in [0.15, 0.2) is 0 Å². The number of anilines is 1. The van der Waals surface area contributed by atoms with Crippen molar-refractivity contribution in [3.63, 3.8) is 0 Å². The summed E-state index contributed by atoms with van der Waals surface area (Å²) in [5.74, 6) is 0.795. The highest BCUT2D eigenvalue weighted by molar-refractivity contribution is 5.79. The standard InChI is InChI=1S/C21H25N3O4/c1-15-6-5-8-18(24(26)27)21(15)22-17-10-12-23(13-11-17)20(25)14-16-7-3-4-9-19(16)28-2/h3-9,17,22H,10-14H2,1-2H3. The lowest BCUT2D eigenvalue weighted by molar-refractivity contribution is -0.384. The Labute approximate surface area is 164 Å². The maximum atomic E-state index is 12.7. The Hall–Kier alpha value is -3.09. The van der Waals surface area contributed by atoms with E-state index in [1.807, 2.05) is 42.2 Å². The van der Waals surface area contributed by atoms with Crippen LogP contribution in [-0.4, -0.2) is 42.0 Å². The van der Waals surface area contributed by atoms with Crippen LogP contribution in [0.3, 0.4) is 0 Å². The number of hydrogen-bond donors (Lipinski definition) is 1. The van der Waals surface area contributed by atoms with Gasteiger partial charge in [0, 0.05) is 30.8 Å². The predicted molar refractivity (Wildman–Crippen MR) is 108 cm³/mol. The summed E-state index contributed by atoms with van der Waals surface area (Å²) in [7, 11) is 1.60. The Balaban J connectivity index is 1.59. The predicted octanol–water partition coefficient (Wildman–Crippen LogP) is 3.56. The summed E-state index contributed by atoms with van der Waals surface area (Å²) in [6.07, 6.45) is 1.82. The third kappa shape index (κ3) is 4.42. The summed E-state index contributed by atoms with van der Waals surface area (Å²) >= 11 is 0. The van der Waals surface area contributed by atoms with Gasteiger partial charge in [0.05, 0.1) is 18.5 Å².